The summed E-state index contributed by atoms with van der Waals surface area (Å²) < 4.78 is 6.11. The van der Waals surface area contributed by atoms with Crippen LogP contribution in [0.1, 0.15) is 0 Å². The number of fused-ring (bicyclic) bond motifs is 9. The summed E-state index contributed by atoms with van der Waals surface area (Å²) in [5.41, 5.74) is 3.96. The molecule has 6 aromatic carbocycles. The average Bonchev–Trinajstić information content (AvgIpc) is 3.24. The van der Waals surface area contributed by atoms with E-state index in [2.05, 4.69) is 90.2 Å². The van der Waals surface area contributed by atoms with Crippen molar-refractivity contribution in [1.29, 1.82) is 0 Å². The number of para-hydroxylation sites is 1. The number of hydrogen-bond donors (Lipinski definition) is 1. The van der Waals surface area contributed by atoms with Gasteiger partial charge in [-0.3, -0.25) is 0 Å². The molecule has 0 saturated heterocycles. The highest BCUT2D eigenvalue weighted by Gasteiger charge is 2.14. The van der Waals surface area contributed by atoms with E-state index in [4.69, 9.17) is 4.42 Å². The van der Waals surface area contributed by atoms with Crippen LogP contribution in [0.5, 0.6) is 0 Å². The Morgan fingerprint density at radius 3 is 1.56 bits per heavy atom. The van der Waals surface area contributed by atoms with Crippen molar-refractivity contribution < 1.29 is 4.42 Å². The third-order valence-corrected chi connectivity index (χ3v) is 6.44. The van der Waals surface area contributed by atoms with Crippen LogP contribution in [0.2, 0.25) is 0 Å². The van der Waals surface area contributed by atoms with E-state index in [1.807, 2.05) is 24.3 Å². The molecule has 0 spiro atoms. The highest BCUT2D eigenvalue weighted by molar-refractivity contribution is 6.28. The highest BCUT2D eigenvalue weighted by atomic mass is 16.3. The van der Waals surface area contributed by atoms with Crippen LogP contribution in [0.3, 0.4) is 0 Å². The zero-order valence-electron chi connectivity index (χ0n) is 17.3. The lowest BCUT2D eigenvalue weighted by Gasteiger charge is -2.15. The number of nitrogens with one attached hydrogen (secondary N) is 1. The summed E-state index contributed by atoms with van der Waals surface area (Å²) >= 11 is 0. The minimum absolute atomic E-state index is 0.895. The molecule has 0 aliphatic rings. The van der Waals surface area contributed by atoms with Crippen molar-refractivity contribution >= 4 is 65.6 Å². The fourth-order valence-corrected chi connectivity index (χ4v) is 5.08. The summed E-state index contributed by atoms with van der Waals surface area (Å²) in [6, 6.07) is 38.3. The Hall–Kier alpha value is -4.30. The van der Waals surface area contributed by atoms with Crippen molar-refractivity contribution in [3.63, 3.8) is 0 Å². The first-order valence-electron chi connectivity index (χ1n) is 10.9. The Morgan fingerprint density at radius 2 is 0.844 bits per heavy atom. The normalized spacial score (nSPS) is 11.8. The van der Waals surface area contributed by atoms with Gasteiger partial charge in [0, 0.05) is 16.5 Å². The quantitative estimate of drug-likeness (QED) is 0.289. The molecular formula is C30H19NO. The monoisotopic (exact) mass is 409 g/mol. The van der Waals surface area contributed by atoms with Crippen LogP contribution in [0.15, 0.2) is 114 Å². The van der Waals surface area contributed by atoms with Gasteiger partial charge in [-0.1, -0.05) is 84.9 Å². The predicted molar refractivity (Wildman–Crippen MR) is 136 cm³/mol. The summed E-state index contributed by atoms with van der Waals surface area (Å²) in [5.74, 6) is 0. The Labute approximate surface area is 184 Å². The molecule has 0 radical (unpaired) electrons. The fourth-order valence-electron chi connectivity index (χ4n) is 5.08. The molecule has 1 N–H and O–H groups in total. The van der Waals surface area contributed by atoms with Crippen LogP contribution in [0, 0.1) is 0 Å². The van der Waals surface area contributed by atoms with E-state index in [0.29, 0.717) is 0 Å². The standard InChI is InChI=1S/C30H19NO/c1-2-10-21-19(9-1)20-11-3-4-12-22(20)29-23(21)14-7-15-25(29)31-26-16-8-18-28-30(26)24-13-5-6-17-27(24)32-28/h1-18,31H. The lowest BCUT2D eigenvalue weighted by Crippen LogP contribution is -1.93. The zero-order valence-corrected chi connectivity index (χ0v) is 17.3. The fraction of sp³-hybridized carbons (Fsp3) is 0. The van der Waals surface area contributed by atoms with Gasteiger partial charge in [0.2, 0.25) is 0 Å². The average molecular weight is 409 g/mol. The van der Waals surface area contributed by atoms with E-state index in [0.717, 1.165) is 33.3 Å². The second-order valence-electron chi connectivity index (χ2n) is 8.22. The first-order chi connectivity index (χ1) is 15.9. The highest BCUT2D eigenvalue weighted by Crippen LogP contribution is 2.41. The minimum atomic E-state index is 0.895. The summed E-state index contributed by atoms with van der Waals surface area (Å²) in [6.07, 6.45) is 0. The molecular weight excluding hydrogens is 390 g/mol. The molecule has 2 heteroatoms. The summed E-state index contributed by atoms with van der Waals surface area (Å²) in [7, 11) is 0. The smallest absolute Gasteiger partial charge is 0.137 e. The topological polar surface area (TPSA) is 25.2 Å². The van der Waals surface area contributed by atoms with Crippen LogP contribution in [0.4, 0.5) is 11.4 Å². The first-order valence-corrected chi connectivity index (χ1v) is 10.9. The Balaban J connectivity index is 1.56. The molecule has 7 rings (SSSR count). The molecule has 150 valence electrons. The number of anilines is 2. The molecule has 7 aromatic rings. The third kappa shape index (κ3) is 2.41. The molecule has 0 fully saturated rings. The van der Waals surface area contributed by atoms with Gasteiger partial charge >= 0.3 is 0 Å². The van der Waals surface area contributed by atoms with Gasteiger partial charge in [0.15, 0.2) is 0 Å². The van der Waals surface area contributed by atoms with Gasteiger partial charge in [-0.2, -0.15) is 0 Å². The van der Waals surface area contributed by atoms with Gasteiger partial charge < -0.3 is 9.73 Å². The van der Waals surface area contributed by atoms with E-state index < -0.39 is 0 Å². The molecule has 0 saturated carbocycles. The van der Waals surface area contributed by atoms with Crippen molar-refractivity contribution in [2.45, 2.75) is 0 Å². The molecule has 1 aromatic heterocycles. The van der Waals surface area contributed by atoms with Crippen LogP contribution >= 0.6 is 0 Å². The zero-order chi connectivity index (χ0) is 21.1. The molecule has 0 amide bonds. The van der Waals surface area contributed by atoms with Crippen molar-refractivity contribution in [1.82, 2.24) is 0 Å². The Bertz CT molecular complexity index is 1760. The lowest BCUT2D eigenvalue weighted by molar-refractivity contribution is 0.669. The van der Waals surface area contributed by atoms with Crippen molar-refractivity contribution in [2.75, 3.05) is 5.32 Å². The maximum absolute atomic E-state index is 6.11. The number of rotatable bonds is 2. The van der Waals surface area contributed by atoms with E-state index >= 15 is 0 Å². The summed E-state index contributed by atoms with van der Waals surface area (Å²) in [4.78, 5) is 0. The molecule has 0 bridgehead atoms. The van der Waals surface area contributed by atoms with Gasteiger partial charge in [-0.15, -0.1) is 0 Å². The van der Waals surface area contributed by atoms with E-state index in [1.165, 1.54) is 32.3 Å². The van der Waals surface area contributed by atoms with Crippen molar-refractivity contribution in [3.8, 4) is 0 Å². The van der Waals surface area contributed by atoms with E-state index in [9.17, 15) is 0 Å². The molecule has 1 heterocycles. The maximum Gasteiger partial charge on any atom is 0.137 e. The van der Waals surface area contributed by atoms with Crippen LogP contribution in [-0.4, -0.2) is 0 Å². The van der Waals surface area contributed by atoms with E-state index in [-0.39, 0.29) is 0 Å². The molecule has 0 aliphatic heterocycles. The second-order valence-corrected chi connectivity index (χ2v) is 8.22. The number of furan rings is 1. The third-order valence-electron chi connectivity index (χ3n) is 6.44. The van der Waals surface area contributed by atoms with Gasteiger partial charge in [-0.25, -0.2) is 0 Å². The predicted octanol–water partition coefficient (Wildman–Crippen LogP) is 8.79. The number of benzene rings is 6. The van der Waals surface area contributed by atoms with Gasteiger partial charge in [-0.05, 0) is 51.2 Å². The molecule has 0 unspecified atom stereocenters. The molecule has 0 aliphatic carbocycles. The van der Waals surface area contributed by atoms with Crippen LogP contribution in [0.25, 0.3) is 54.3 Å². The Kier molecular flexibility index (Phi) is 3.58. The van der Waals surface area contributed by atoms with Crippen molar-refractivity contribution in [2.24, 2.45) is 0 Å². The maximum atomic E-state index is 6.11. The minimum Gasteiger partial charge on any atom is -0.456 e. The molecule has 32 heavy (non-hydrogen) atoms. The SMILES string of the molecule is c1ccc2c(c1)oc1cccc(Nc3cccc4c5ccccc5c5ccccc5c34)c12. The second kappa shape index (κ2) is 6.60. The van der Waals surface area contributed by atoms with Gasteiger partial charge in [0.25, 0.3) is 0 Å². The van der Waals surface area contributed by atoms with E-state index in [1.54, 1.807) is 0 Å². The van der Waals surface area contributed by atoms with Crippen molar-refractivity contribution in [3.05, 3.63) is 109 Å². The molecule has 0 atom stereocenters. The summed E-state index contributed by atoms with van der Waals surface area (Å²) in [6.45, 7) is 0. The first kappa shape index (κ1) is 17.4. The van der Waals surface area contributed by atoms with Crippen LogP contribution < -0.4 is 5.32 Å². The van der Waals surface area contributed by atoms with Gasteiger partial charge in [0.05, 0.1) is 11.1 Å². The van der Waals surface area contributed by atoms with Crippen LogP contribution in [-0.2, 0) is 0 Å². The lowest BCUT2D eigenvalue weighted by atomic mass is 9.93. The number of hydrogen-bond acceptors (Lipinski definition) is 2. The van der Waals surface area contributed by atoms with Gasteiger partial charge in [0.1, 0.15) is 11.2 Å². The Morgan fingerprint density at radius 1 is 0.375 bits per heavy atom. The largest absolute Gasteiger partial charge is 0.456 e. The summed E-state index contributed by atoms with van der Waals surface area (Å²) in [5, 5.41) is 13.6. The molecule has 2 nitrogen and oxygen atoms in total.